The Morgan fingerprint density at radius 3 is 2.64 bits per heavy atom. The molecule has 0 radical (unpaired) electrons. The molecule has 172 valence electrons. The lowest BCUT2D eigenvalue weighted by molar-refractivity contribution is -0.113. The molecule has 3 rings (SSSR count). The van der Waals surface area contributed by atoms with E-state index in [4.69, 9.17) is 23.2 Å². The minimum atomic E-state index is -0.437. The number of H-pyrrole nitrogens is 1. The van der Waals surface area contributed by atoms with Crippen molar-refractivity contribution < 1.29 is 19.2 Å². The summed E-state index contributed by atoms with van der Waals surface area (Å²) in [5.74, 6) is -0.289. The molecule has 1 unspecified atom stereocenters. The molecule has 8 nitrogen and oxygen atoms in total. The summed E-state index contributed by atoms with van der Waals surface area (Å²) in [4.78, 5) is 55.0. The number of nitrogens with one attached hydrogen (secondary N) is 2. The van der Waals surface area contributed by atoms with Gasteiger partial charge < -0.3 is 19.9 Å². The summed E-state index contributed by atoms with van der Waals surface area (Å²) in [6.45, 7) is 0.540. The van der Waals surface area contributed by atoms with Crippen LogP contribution in [0.4, 0.5) is 0 Å². The Kier molecular flexibility index (Phi) is 8.32. The highest BCUT2D eigenvalue weighted by Crippen LogP contribution is 2.26. The number of benzene rings is 2. The van der Waals surface area contributed by atoms with E-state index in [1.54, 1.807) is 42.3 Å². The van der Waals surface area contributed by atoms with E-state index in [0.717, 1.165) is 24.4 Å². The second kappa shape index (κ2) is 11.2. The molecule has 0 bridgehead atoms. The lowest BCUT2D eigenvalue weighted by atomic mass is 10.0. The summed E-state index contributed by atoms with van der Waals surface area (Å²) in [5.41, 5.74) is 3.09. The summed E-state index contributed by atoms with van der Waals surface area (Å²) < 4.78 is 0. The maximum Gasteiger partial charge on any atom is 0.287 e. The standard InChI is InChI=1S/C23H22Cl2N4O4/c1-29(17(13-32)3-2-6-30)11-16-7-14(4-5-15(16)12-31)10-26-23(33)22-27-20-8-18(24)19(25)9-21(20)28-22/h4-9,12-13,17H,2-3,10-11H2,1H3,(H,26,33)(H,27,28). The maximum atomic E-state index is 12.6. The van der Waals surface area contributed by atoms with Crippen molar-refractivity contribution in [2.75, 3.05) is 7.05 Å². The molecule has 1 atom stereocenters. The molecule has 0 aliphatic carbocycles. The number of hydrogen-bond donors (Lipinski definition) is 2. The normalized spacial score (nSPS) is 12.0. The van der Waals surface area contributed by atoms with E-state index >= 15 is 0 Å². The zero-order chi connectivity index (χ0) is 24.0. The van der Waals surface area contributed by atoms with Crippen molar-refractivity contribution in [1.82, 2.24) is 20.2 Å². The quantitative estimate of drug-likeness (QED) is 0.398. The average molecular weight is 489 g/mol. The number of aromatic amines is 1. The van der Waals surface area contributed by atoms with Gasteiger partial charge in [0.05, 0.1) is 27.1 Å². The highest BCUT2D eigenvalue weighted by atomic mass is 35.5. The zero-order valence-corrected chi connectivity index (χ0v) is 19.3. The van der Waals surface area contributed by atoms with Crippen LogP contribution >= 0.6 is 23.2 Å². The number of likely N-dealkylation sites (N-methyl/N-ethyl adjacent to an activating group) is 1. The highest BCUT2D eigenvalue weighted by Gasteiger charge is 2.17. The van der Waals surface area contributed by atoms with Crippen LogP contribution in [0.2, 0.25) is 10.0 Å². The molecular formula is C23H22Cl2N4O4. The van der Waals surface area contributed by atoms with Crippen molar-refractivity contribution >= 4 is 59.0 Å². The minimum absolute atomic E-state index is 0.122. The summed E-state index contributed by atoms with van der Waals surface area (Å²) in [5, 5.41) is 3.49. The van der Waals surface area contributed by atoms with Gasteiger partial charge in [-0.05, 0) is 36.7 Å². The Balaban J connectivity index is 1.71. The summed E-state index contributed by atoms with van der Waals surface area (Å²) >= 11 is 12.0. The third-order valence-electron chi connectivity index (χ3n) is 5.25. The summed E-state index contributed by atoms with van der Waals surface area (Å²) in [6, 6.07) is 7.97. The summed E-state index contributed by atoms with van der Waals surface area (Å²) in [6.07, 6.45) is 3.00. The van der Waals surface area contributed by atoms with Gasteiger partial charge >= 0.3 is 0 Å². The number of aldehydes is 3. The highest BCUT2D eigenvalue weighted by molar-refractivity contribution is 6.42. The van der Waals surface area contributed by atoms with E-state index in [-0.39, 0.29) is 18.8 Å². The van der Waals surface area contributed by atoms with E-state index < -0.39 is 11.9 Å². The van der Waals surface area contributed by atoms with Crippen LogP contribution in [-0.2, 0) is 22.7 Å². The van der Waals surface area contributed by atoms with Crippen LogP contribution in [0.25, 0.3) is 11.0 Å². The van der Waals surface area contributed by atoms with Crippen LogP contribution in [0.1, 0.15) is 44.9 Å². The first-order valence-electron chi connectivity index (χ1n) is 10.1. The fourth-order valence-electron chi connectivity index (χ4n) is 3.42. The van der Waals surface area contributed by atoms with Gasteiger partial charge in [-0.3, -0.25) is 14.5 Å². The number of rotatable bonds is 11. The third kappa shape index (κ3) is 6.04. The molecule has 33 heavy (non-hydrogen) atoms. The van der Waals surface area contributed by atoms with Crippen LogP contribution in [0.15, 0.2) is 30.3 Å². The van der Waals surface area contributed by atoms with Gasteiger partial charge in [0.1, 0.15) is 18.9 Å². The van der Waals surface area contributed by atoms with Gasteiger partial charge in [-0.1, -0.05) is 41.4 Å². The van der Waals surface area contributed by atoms with E-state index in [2.05, 4.69) is 15.3 Å². The first-order valence-corrected chi connectivity index (χ1v) is 10.9. The monoisotopic (exact) mass is 488 g/mol. The van der Waals surface area contributed by atoms with Gasteiger partial charge in [-0.15, -0.1) is 0 Å². The lowest BCUT2D eigenvalue weighted by Crippen LogP contribution is -2.33. The fourth-order valence-corrected chi connectivity index (χ4v) is 3.74. The van der Waals surface area contributed by atoms with Crippen molar-refractivity contribution in [3.63, 3.8) is 0 Å². The summed E-state index contributed by atoms with van der Waals surface area (Å²) in [7, 11) is 1.76. The number of aromatic nitrogens is 2. The first kappa shape index (κ1) is 24.6. The van der Waals surface area contributed by atoms with Crippen LogP contribution < -0.4 is 5.32 Å². The molecule has 0 saturated heterocycles. The van der Waals surface area contributed by atoms with Crippen molar-refractivity contribution in [2.24, 2.45) is 0 Å². The molecule has 3 aromatic rings. The topological polar surface area (TPSA) is 112 Å². The predicted molar refractivity (Wildman–Crippen MR) is 126 cm³/mol. The molecule has 1 aromatic heterocycles. The van der Waals surface area contributed by atoms with Gasteiger partial charge in [0.2, 0.25) is 0 Å². The zero-order valence-electron chi connectivity index (χ0n) is 17.8. The number of hydrogen-bond acceptors (Lipinski definition) is 6. The molecule has 2 aromatic carbocycles. The van der Waals surface area contributed by atoms with E-state index in [1.165, 1.54) is 0 Å². The number of carbonyl (C=O) groups excluding carboxylic acids is 4. The number of amides is 1. The van der Waals surface area contributed by atoms with Crippen LogP contribution in [-0.4, -0.2) is 52.7 Å². The van der Waals surface area contributed by atoms with Crippen LogP contribution in [0.5, 0.6) is 0 Å². The van der Waals surface area contributed by atoms with Crippen molar-refractivity contribution in [3.8, 4) is 0 Å². The Hall–Kier alpha value is -3.07. The SMILES string of the molecule is CN(Cc1cc(CNC(=O)c2nc3cc(Cl)c(Cl)cc3[nH]2)ccc1C=O)C(C=O)CCC=O. The third-order valence-corrected chi connectivity index (χ3v) is 5.97. The van der Waals surface area contributed by atoms with Crippen LogP contribution in [0, 0.1) is 0 Å². The number of nitrogens with zero attached hydrogens (tertiary/aromatic N) is 2. The molecule has 0 aliphatic heterocycles. The second-order valence-electron chi connectivity index (χ2n) is 7.57. The number of fused-ring (bicyclic) bond motifs is 1. The molecule has 1 heterocycles. The molecule has 0 spiro atoms. The van der Waals surface area contributed by atoms with Gasteiger partial charge in [-0.25, -0.2) is 4.98 Å². The Labute approximate surface area is 200 Å². The maximum absolute atomic E-state index is 12.6. The average Bonchev–Trinajstić information content (AvgIpc) is 3.21. The Bertz CT molecular complexity index is 1160. The van der Waals surface area contributed by atoms with E-state index in [9.17, 15) is 19.2 Å². The Morgan fingerprint density at radius 2 is 1.94 bits per heavy atom. The van der Waals surface area contributed by atoms with E-state index in [1.807, 2.05) is 0 Å². The van der Waals surface area contributed by atoms with Gasteiger partial charge in [0.15, 0.2) is 5.82 Å². The molecule has 0 fully saturated rings. The predicted octanol–water partition coefficient (Wildman–Crippen LogP) is 3.59. The number of carbonyl (C=O) groups is 4. The van der Waals surface area contributed by atoms with E-state index in [0.29, 0.717) is 45.2 Å². The fraction of sp³-hybridized carbons (Fsp3) is 0.261. The van der Waals surface area contributed by atoms with Crippen molar-refractivity contribution in [2.45, 2.75) is 32.0 Å². The van der Waals surface area contributed by atoms with Gasteiger partial charge in [-0.2, -0.15) is 0 Å². The largest absolute Gasteiger partial charge is 0.345 e. The van der Waals surface area contributed by atoms with Crippen molar-refractivity contribution in [3.05, 3.63) is 62.9 Å². The molecule has 0 aliphatic rings. The Morgan fingerprint density at radius 1 is 1.18 bits per heavy atom. The second-order valence-corrected chi connectivity index (χ2v) is 8.38. The lowest BCUT2D eigenvalue weighted by Gasteiger charge is -2.24. The van der Waals surface area contributed by atoms with Crippen LogP contribution in [0.3, 0.4) is 0 Å². The molecule has 1 amide bonds. The number of halogens is 2. The number of imidazole rings is 1. The minimum Gasteiger partial charge on any atom is -0.345 e. The molecular weight excluding hydrogens is 467 g/mol. The van der Waals surface area contributed by atoms with Gasteiger partial charge in [0.25, 0.3) is 5.91 Å². The first-order chi connectivity index (χ1) is 15.9. The molecule has 0 saturated carbocycles. The van der Waals surface area contributed by atoms with Crippen molar-refractivity contribution in [1.29, 1.82) is 0 Å². The smallest absolute Gasteiger partial charge is 0.287 e. The molecule has 10 heteroatoms. The molecule has 2 N–H and O–H groups in total. The van der Waals surface area contributed by atoms with Gasteiger partial charge in [0, 0.05) is 25.1 Å².